The monoisotopic (exact) mass is 347 g/mol. The average molecular weight is 347 g/mol. The summed E-state index contributed by atoms with van der Waals surface area (Å²) in [6.07, 6.45) is 2.21. The van der Waals surface area contributed by atoms with E-state index in [1.165, 1.54) is 11.8 Å². The lowest BCUT2D eigenvalue weighted by Gasteiger charge is -2.14. The number of aromatic nitrogens is 4. The summed E-state index contributed by atoms with van der Waals surface area (Å²) in [6, 6.07) is 7.87. The van der Waals surface area contributed by atoms with Crippen LogP contribution in [0.3, 0.4) is 0 Å². The number of rotatable bonds is 6. The number of amides is 1. The second kappa shape index (κ2) is 7.76. The number of thioether (sulfide) groups is 1. The number of nitrogens with one attached hydrogen (secondary N) is 1. The van der Waals surface area contributed by atoms with Crippen molar-refractivity contribution >= 4 is 17.7 Å². The van der Waals surface area contributed by atoms with Crippen molar-refractivity contribution in [2.75, 3.05) is 13.2 Å². The predicted molar refractivity (Wildman–Crippen MR) is 91.2 cm³/mol. The van der Waals surface area contributed by atoms with Gasteiger partial charge in [0, 0.05) is 13.2 Å². The van der Waals surface area contributed by atoms with Crippen molar-refractivity contribution in [3.63, 3.8) is 0 Å². The highest BCUT2D eigenvalue weighted by molar-refractivity contribution is 8.00. The minimum atomic E-state index is -0.292. The number of benzene rings is 1. The number of tetrazole rings is 1. The quantitative estimate of drug-likeness (QED) is 0.802. The molecule has 1 saturated heterocycles. The van der Waals surface area contributed by atoms with Crippen molar-refractivity contribution in [3.05, 3.63) is 29.8 Å². The van der Waals surface area contributed by atoms with Gasteiger partial charge < -0.3 is 10.1 Å². The van der Waals surface area contributed by atoms with Crippen LogP contribution >= 0.6 is 11.8 Å². The molecule has 1 fully saturated rings. The minimum absolute atomic E-state index is 0.0326. The van der Waals surface area contributed by atoms with E-state index in [-0.39, 0.29) is 17.3 Å². The molecule has 2 heterocycles. The molecule has 2 aromatic rings. The van der Waals surface area contributed by atoms with E-state index in [1.54, 1.807) is 4.68 Å². The molecule has 2 unspecified atom stereocenters. The molecule has 0 spiro atoms. The Morgan fingerprint density at radius 3 is 3.08 bits per heavy atom. The topological polar surface area (TPSA) is 81.9 Å². The van der Waals surface area contributed by atoms with Gasteiger partial charge in [0.1, 0.15) is 0 Å². The van der Waals surface area contributed by atoms with E-state index in [0.717, 1.165) is 30.7 Å². The number of carbonyl (C=O) groups excluding carboxylic acids is 1. The van der Waals surface area contributed by atoms with Crippen LogP contribution in [0.2, 0.25) is 0 Å². The molecule has 0 saturated carbocycles. The fourth-order valence-electron chi connectivity index (χ4n) is 2.58. The zero-order valence-electron chi connectivity index (χ0n) is 13.8. The summed E-state index contributed by atoms with van der Waals surface area (Å²) in [5.41, 5.74) is 1.99. The molecule has 3 rings (SSSR count). The number of aryl methyl sites for hydroxylation is 1. The van der Waals surface area contributed by atoms with Gasteiger partial charge in [0.15, 0.2) is 0 Å². The number of hydrogen-bond donors (Lipinski definition) is 1. The number of para-hydroxylation sites is 1. The Labute approximate surface area is 145 Å². The van der Waals surface area contributed by atoms with Gasteiger partial charge in [-0.15, -0.1) is 5.10 Å². The summed E-state index contributed by atoms with van der Waals surface area (Å²) in [5.74, 6) is -0.0326. The first-order valence-corrected chi connectivity index (χ1v) is 8.93. The normalized spacial score (nSPS) is 18.5. The van der Waals surface area contributed by atoms with Gasteiger partial charge in [0.25, 0.3) is 0 Å². The average Bonchev–Trinajstić information content (AvgIpc) is 3.25. The summed E-state index contributed by atoms with van der Waals surface area (Å²) in [7, 11) is 0. The van der Waals surface area contributed by atoms with Gasteiger partial charge in [-0.2, -0.15) is 4.68 Å². The van der Waals surface area contributed by atoms with Crippen molar-refractivity contribution < 1.29 is 9.53 Å². The molecule has 0 aliphatic carbocycles. The fourth-order valence-corrected chi connectivity index (χ4v) is 3.40. The van der Waals surface area contributed by atoms with Crippen LogP contribution in [-0.2, 0) is 9.53 Å². The zero-order chi connectivity index (χ0) is 16.9. The first-order chi connectivity index (χ1) is 11.6. The molecule has 8 heteroatoms. The summed E-state index contributed by atoms with van der Waals surface area (Å²) in [4.78, 5) is 12.3. The number of ether oxygens (including phenoxy) is 1. The van der Waals surface area contributed by atoms with E-state index in [1.807, 2.05) is 38.1 Å². The van der Waals surface area contributed by atoms with Gasteiger partial charge in [0.2, 0.25) is 11.1 Å². The van der Waals surface area contributed by atoms with Gasteiger partial charge in [-0.05, 0) is 48.7 Å². The van der Waals surface area contributed by atoms with Crippen molar-refractivity contribution in [2.24, 2.45) is 0 Å². The molecule has 1 aromatic heterocycles. The maximum absolute atomic E-state index is 12.3. The van der Waals surface area contributed by atoms with E-state index in [9.17, 15) is 4.79 Å². The van der Waals surface area contributed by atoms with Crippen LogP contribution in [0.5, 0.6) is 0 Å². The van der Waals surface area contributed by atoms with E-state index >= 15 is 0 Å². The zero-order valence-corrected chi connectivity index (χ0v) is 14.6. The summed E-state index contributed by atoms with van der Waals surface area (Å²) in [5, 5.41) is 15.1. The molecule has 1 aliphatic rings. The molecular weight excluding hydrogens is 326 g/mol. The molecule has 1 N–H and O–H groups in total. The fraction of sp³-hybridized carbons (Fsp3) is 0.500. The van der Waals surface area contributed by atoms with Crippen LogP contribution in [0.1, 0.15) is 25.3 Å². The molecule has 2 atom stereocenters. The highest BCUT2D eigenvalue weighted by atomic mass is 32.2. The smallest absolute Gasteiger partial charge is 0.233 e. The van der Waals surface area contributed by atoms with Crippen LogP contribution in [0, 0.1) is 6.92 Å². The maximum atomic E-state index is 12.3. The Balaban J connectivity index is 1.62. The third kappa shape index (κ3) is 3.93. The lowest BCUT2D eigenvalue weighted by Crippen LogP contribution is -2.36. The van der Waals surface area contributed by atoms with E-state index in [2.05, 4.69) is 20.8 Å². The summed E-state index contributed by atoms with van der Waals surface area (Å²) in [6.45, 7) is 5.21. The highest BCUT2D eigenvalue weighted by Gasteiger charge is 2.22. The van der Waals surface area contributed by atoms with Gasteiger partial charge in [0.05, 0.1) is 17.0 Å². The van der Waals surface area contributed by atoms with Gasteiger partial charge in [-0.3, -0.25) is 4.79 Å². The molecule has 7 nitrogen and oxygen atoms in total. The van der Waals surface area contributed by atoms with Crippen molar-refractivity contribution in [3.8, 4) is 5.69 Å². The molecule has 1 aromatic carbocycles. The van der Waals surface area contributed by atoms with Crippen molar-refractivity contribution in [2.45, 2.75) is 43.2 Å². The molecule has 128 valence electrons. The number of carbonyl (C=O) groups is 1. The van der Waals surface area contributed by atoms with Gasteiger partial charge in [-0.1, -0.05) is 30.0 Å². The largest absolute Gasteiger partial charge is 0.376 e. The third-order valence-corrected chi connectivity index (χ3v) is 5.00. The Kier molecular flexibility index (Phi) is 5.47. The van der Waals surface area contributed by atoms with Crippen LogP contribution in [0.4, 0.5) is 0 Å². The number of nitrogens with zero attached hydrogens (tertiary/aromatic N) is 4. The SMILES string of the molecule is Cc1ccccc1-n1nnnc1SC(C)C(=O)NCC1CCCO1. The molecule has 24 heavy (non-hydrogen) atoms. The summed E-state index contributed by atoms with van der Waals surface area (Å²) >= 11 is 1.34. The molecule has 1 aliphatic heterocycles. The minimum Gasteiger partial charge on any atom is -0.376 e. The van der Waals surface area contributed by atoms with Gasteiger partial charge >= 0.3 is 0 Å². The van der Waals surface area contributed by atoms with Crippen LogP contribution in [0.15, 0.2) is 29.4 Å². The second-order valence-electron chi connectivity index (χ2n) is 5.80. The lowest BCUT2D eigenvalue weighted by molar-refractivity contribution is -0.120. The Morgan fingerprint density at radius 2 is 2.33 bits per heavy atom. The Hall–Kier alpha value is -1.93. The van der Waals surface area contributed by atoms with Crippen molar-refractivity contribution in [1.29, 1.82) is 0 Å². The van der Waals surface area contributed by atoms with Crippen LogP contribution in [0.25, 0.3) is 5.69 Å². The highest BCUT2D eigenvalue weighted by Crippen LogP contribution is 2.24. The lowest BCUT2D eigenvalue weighted by atomic mass is 10.2. The first-order valence-electron chi connectivity index (χ1n) is 8.05. The number of hydrogen-bond acceptors (Lipinski definition) is 6. The predicted octanol–water partition coefficient (Wildman–Crippen LogP) is 1.75. The third-order valence-electron chi connectivity index (χ3n) is 3.96. The molecule has 1 amide bonds. The van der Waals surface area contributed by atoms with E-state index in [0.29, 0.717) is 11.7 Å². The first kappa shape index (κ1) is 16.9. The molecular formula is C16H21N5O2S. The van der Waals surface area contributed by atoms with Crippen molar-refractivity contribution in [1.82, 2.24) is 25.5 Å². The molecule has 0 radical (unpaired) electrons. The Morgan fingerprint density at radius 1 is 1.50 bits per heavy atom. The van der Waals surface area contributed by atoms with Gasteiger partial charge in [-0.25, -0.2) is 0 Å². The van der Waals surface area contributed by atoms with Crippen LogP contribution in [-0.4, -0.2) is 50.6 Å². The summed E-state index contributed by atoms with van der Waals surface area (Å²) < 4.78 is 7.19. The second-order valence-corrected chi connectivity index (χ2v) is 7.11. The van der Waals surface area contributed by atoms with E-state index < -0.39 is 0 Å². The standard InChI is InChI=1S/C16H21N5O2S/c1-11-6-3-4-8-14(11)21-16(18-19-20-21)24-12(2)15(22)17-10-13-7-5-9-23-13/h3-4,6,8,12-13H,5,7,9-10H2,1-2H3,(H,17,22). The maximum Gasteiger partial charge on any atom is 0.233 e. The van der Waals surface area contributed by atoms with E-state index in [4.69, 9.17) is 4.74 Å². The molecule has 0 bridgehead atoms. The van der Waals surface area contributed by atoms with Crippen LogP contribution < -0.4 is 5.32 Å². The Bertz CT molecular complexity index is 699.